The second kappa shape index (κ2) is 11.2. The average molecular weight is 461 g/mol. The average Bonchev–Trinajstić information content (AvgIpc) is 2.80. The first kappa shape index (κ1) is 23.9. The van der Waals surface area contributed by atoms with Crippen LogP contribution in [0.15, 0.2) is 66.2 Å². The van der Waals surface area contributed by atoms with Crippen LogP contribution in [0.5, 0.6) is 11.5 Å². The van der Waals surface area contributed by atoms with Crippen LogP contribution >= 0.6 is 11.6 Å². The van der Waals surface area contributed by atoms with Crippen molar-refractivity contribution in [1.29, 1.82) is 5.26 Å². The van der Waals surface area contributed by atoms with Gasteiger partial charge in [0.25, 0.3) is 5.91 Å². The molecule has 1 amide bonds. The third kappa shape index (κ3) is 6.15. The van der Waals surface area contributed by atoms with Gasteiger partial charge < -0.3 is 14.8 Å². The number of hydrogen-bond donors (Lipinski definition) is 1. The quantitative estimate of drug-likeness (QED) is 0.308. The lowest BCUT2D eigenvalue weighted by Crippen LogP contribution is -2.15. The summed E-state index contributed by atoms with van der Waals surface area (Å²) in [5.74, 6) is 0.602. The first-order valence-corrected chi connectivity index (χ1v) is 10.9. The highest BCUT2D eigenvalue weighted by atomic mass is 35.5. The molecular weight excluding hydrogens is 436 g/mol. The van der Waals surface area contributed by atoms with E-state index in [0.29, 0.717) is 34.4 Å². The summed E-state index contributed by atoms with van der Waals surface area (Å²) in [5, 5.41) is 13.1. The molecule has 33 heavy (non-hydrogen) atoms. The van der Waals surface area contributed by atoms with Crippen LogP contribution in [0.1, 0.15) is 29.2 Å². The number of halogens is 1. The van der Waals surface area contributed by atoms with Crippen LogP contribution in [0.4, 0.5) is 5.69 Å². The number of rotatable bonds is 8. The van der Waals surface area contributed by atoms with Gasteiger partial charge in [-0.3, -0.25) is 4.79 Å². The second-order valence-corrected chi connectivity index (χ2v) is 7.82. The van der Waals surface area contributed by atoms with E-state index in [0.717, 1.165) is 16.7 Å². The van der Waals surface area contributed by atoms with Gasteiger partial charge in [0.1, 0.15) is 18.2 Å². The van der Waals surface area contributed by atoms with E-state index >= 15 is 0 Å². The van der Waals surface area contributed by atoms with Crippen molar-refractivity contribution in [2.75, 3.05) is 11.9 Å². The van der Waals surface area contributed by atoms with Gasteiger partial charge in [-0.15, -0.1) is 0 Å². The third-order valence-corrected chi connectivity index (χ3v) is 5.37. The first-order valence-electron chi connectivity index (χ1n) is 10.5. The highest BCUT2D eigenvalue weighted by Crippen LogP contribution is 2.31. The SMILES string of the molecule is CCOc1cc(/C=C(/C#N)C(=O)Nc2c(C)cccc2C)ccc1OCc1ccccc1Cl. The van der Waals surface area contributed by atoms with Gasteiger partial charge in [-0.1, -0.05) is 54.1 Å². The second-order valence-electron chi connectivity index (χ2n) is 7.41. The van der Waals surface area contributed by atoms with Gasteiger partial charge in [0.2, 0.25) is 0 Å². The lowest BCUT2D eigenvalue weighted by atomic mass is 10.1. The Morgan fingerprint density at radius 1 is 1.03 bits per heavy atom. The number of carbonyl (C=O) groups excluding carboxylic acids is 1. The lowest BCUT2D eigenvalue weighted by Gasteiger charge is -2.14. The molecule has 0 bridgehead atoms. The van der Waals surface area contributed by atoms with Gasteiger partial charge in [0.15, 0.2) is 11.5 Å². The van der Waals surface area contributed by atoms with Crippen molar-refractivity contribution in [3.8, 4) is 17.6 Å². The minimum atomic E-state index is -0.466. The fourth-order valence-electron chi connectivity index (χ4n) is 3.28. The molecule has 0 aliphatic rings. The number of ether oxygens (including phenoxy) is 2. The molecule has 3 aromatic carbocycles. The number of para-hydroxylation sites is 1. The number of aryl methyl sites for hydroxylation is 2. The van der Waals surface area contributed by atoms with Gasteiger partial charge in [-0.05, 0) is 61.7 Å². The first-order chi connectivity index (χ1) is 15.9. The van der Waals surface area contributed by atoms with Crippen LogP contribution in [0.25, 0.3) is 6.08 Å². The number of nitrogens with zero attached hydrogens (tertiary/aromatic N) is 1. The predicted molar refractivity (Wildman–Crippen MR) is 132 cm³/mol. The molecule has 0 aromatic heterocycles. The molecule has 0 saturated carbocycles. The van der Waals surface area contributed by atoms with Crippen molar-refractivity contribution < 1.29 is 14.3 Å². The summed E-state index contributed by atoms with van der Waals surface area (Å²) >= 11 is 6.21. The standard InChI is InChI=1S/C27H25ClN2O3/c1-4-32-25-15-20(12-13-24(25)33-17-21-10-5-6-11-23(21)28)14-22(16-29)27(31)30-26-18(2)8-7-9-19(26)3/h5-15H,4,17H2,1-3H3,(H,30,31)/b22-14-. The fourth-order valence-corrected chi connectivity index (χ4v) is 3.47. The topological polar surface area (TPSA) is 71.3 Å². The Balaban J connectivity index is 1.82. The van der Waals surface area contributed by atoms with Gasteiger partial charge in [0.05, 0.1) is 6.61 Å². The van der Waals surface area contributed by atoms with Crippen molar-refractivity contribution in [3.05, 3.63) is 93.5 Å². The zero-order valence-corrected chi connectivity index (χ0v) is 19.6. The molecule has 1 N–H and O–H groups in total. The van der Waals surface area contributed by atoms with E-state index in [9.17, 15) is 10.1 Å². The summed E-state index contributed by atoms with van der Waals surface area (Å²) in [6.07, 6.45) is 1.53. The number of nitrogens with one attached hydrogen (secondary N) is 1. The molecular formula is C27H25ClN2O3. The van der Waals surface area contributed by atoms with Crippen molar-refractivity contribution in [2.24, 2.45) is 0 Å². The summed E-state index contributed by atoms with van der Waals surface area (Å²) in [6, 6.07) is 20.5. The molecule has 0 aliphatic heterocycles. The molecule has 0 aliphatic carbocycles. The number of amides is 1. The maximum Gasteiger partial charge on any atom is 0.266 e. The molecule has 0 fully saturated rings. The Morgan fingerprint density at radius 2 is 1.76 bits per heavy atom. The van der Waals surface area contributed by atoms with E-state index in [2.05, 4.69) is 5.32 Å². The highest BCUT2D eigenvalue weighted by molar-refractivity contribution is 6.31. The summed E-state index contributed by atoms with van der Waals surface area (Å²) in [5.41, 5.74) is 4.07. The molecule has 0 heterocycles. The van der Waals surface area contributed by atoms with Crippen LogP contribution in [0.2, 0.25) is 5.02 Å². The van der Waals surface area contributed by atoms with Gasteiger partial charge in [-0.25, -0.2) is 0 Å². The lowest BCUT2D eigenvalue weighted by molar-refractivity contribution is -0.112. The van der Waals surface area contributed by atoms with E-state index in [1.165, 1.54) is 6.08 Å². The fraction of sp³-hybridized carbons (Fsp3) is 0.185. The maximum absolute atomic E-state index is 12.8. The minimum Gasteiger partial charge on any atom is -0.490 e. The van der Waals surface area contributed by atoms with Crippen LogP contribution < -0.4 is 14.8 Å². The summed E-state index contributed by atoms with van der Waals surface area (Å²) in [4.78, 5) is 12.8. The van der Waals surface area contributed by atoms with E-state index in [4.69, 9.17) is 21.1 Å². The summed E-state index contributed by atoms with van der Waals surface area (Å²) in [6.45, 7) is 6.42. The number of anilines is 1. The molecule has 0 atom stereocenters. The summed E-state index contributed by atoms with van der Waals surface area (Å²) < 4.78 is 11.6. The minimum absolute atomic E-state index is 0.00941. The smallest absolute Gasteiger partial charge is 0.266 e. The molecule has 0 unspecified atom stereocenters. The van der Waals surface area contributed by atoms with Crippen LogP contribution in [-0.4, -0.2) is 12.5 Å². The molecule has 0 spiro atoms. The highest BCUT2D eigenvalue weighted by Gasteiger charge is 2.14. The monoisotopic (exact) mass is 460 g/mol. The van der Waals surface area contributed by atoms with Crippen molar-refractivity contribution in [2.45, 2.75) is 27.4 Å². The molecule has 0 saturated heterocycles. The van der Waals surface area contributed by atoms with E-state index in [1.807, 2.05) is 69.3 Å². The Morgan fingerprint density at radius 3 is 2.42 bits per heavy atom. The Kier molecular flexibility index (Phi) is 8.12. The zero-order valence-electron chi connectivity index (χ0n) is 18.8. The molecule has 3 aromatic rings. The molecule has 168 valence electrons. The van der Waals surface area contributed by atoms with Gasteiger partial charge in [0, 0.05) is 16.3 Å². The molecule has 3 rings (SSSR count). The third-order valence-electron chi connectivity index (χ3n) is 5.00. The number of hydrogen-bond acceptors (Lipinski definition) is 4. The van der Waals surface area contributed by atoms with Crippen LogP contribution in [-0.2, 0) is 11.4 Å². The normalized spacial score (nSPS) is 10.9. The molecule has 6 heteroatoms. The van der Waals surface area contributed by atoms with Gasteiger partial charge >= 0.3 is 0 Å². The summed E-state index contributed by atoms with van der Waals surface area (Å²) in [7, 11) is 0. The number of nitriles is 1. The van der Waals surface area contributed by atoms with Gasteiger partial charge in [-0.2, -0.15) is 5.26 Å². The Labute approximate surface area is 199 Å². The number of benzene rings is 3. The van der Waals surface area contributed by atoms with Crippen LogP contribution in [0.3, 0.4) is 0 Å². The van der Waals surface area contributed by atoms with E-state index in [1.54, 1.807) is 18.2 Å². The van der Waals surface area contributed by atoms with Crippen LogP contribution in [0, 0.1) is 25.2 Å². The zero-order chi connectivity index (χ0) is 23.8. The van der Waals surface area contributed by atoms with E-state index in [-0.39, 0.29) is 12.2 Å². The molecule has 5 nitrogen and oxygen atoms in total. The Bertz CT molecular complexity index is 1210. The van der Waals surface area contributed by atoms with Crippen molar-refractivity contribution >= 4 is 29.3 Å². The number of carbonyl (C=O) groups is 1. The Hall–Kier alpha value is -3.75. The van der Waals surface area contributed by atoms with E-state index < -0.39 is 5.91 Å². The predicted octanol–water partition coefficient (Wildman–Crippen LogP) is 6.48. The largest absolute Gasteiger partial charge is 0.490 e. The van der Waals surface area contributed by atoms with Crippen molar-refractivity contribution in [3.63, 3.8) is 0 Å². The van der Waals surface area contributed by atoms with Crippen molar-refractivity contribution in [1.82, 2.24) is 0 Å². The maximum atomic E-state index is 12.8. The molecule has 0 radical (unpaired) electrons.